The summed E-state index contributed by atoms with van der Waals surface area (Å²) in [4.78, 5) is 10.4. The van der Waals surface area contributed by atoms with Crippen LogP contribution < -0.4 is 11.1 Å². The summed E-state index contributed by atoms with van der Waals surface area (Å²) in [5.41, 5.74) is 0.670. The predicted octanol–water partition coefficient (Wildman–Crippen LogP) is 0.314. The Bertz CT molecular complexity index is 150. The number of hydrogen-bond donors (Lipinski definition) is 2. The molecule has 0 unspecified atom stereocenters. The van der Waals surface area contributed by atoms with Gasteiger partial charge in [0.2, 0.25) is 5.91 Å². The third-order valence-electron chi connectivity index (χ3n) is 0.875. The zero-order chi connectivity index (χ0) is 9.61. The third kappa shape index (κ3) is 7.67. The predicted molar refractivity (Wildman–Crippen MR) is 40.6 cm³/mol. The van der Waals surface area contributed by atoms with Crippen molar-refractivity contribution in [2.45, 2.75) is 5.51 Å². The summed E-state index contributed by atoms with van der Waals surface area (Å²) in [7, 11) is 0. The summed E-state index contributed by atoms with van der Waals surface area (Å²) in [6.45, 7) is -0.211. The van der Waals surface area contributed by atoms with Crippen molar-refractivity contribution in [2.75, 3.05) is 18.8 Å². The molecule has 0 aliphatic carbocycles. The molecule has 3 nitrogen and oxygen atoms in total. The van der Waals surface area contributed by atoms with E-state index < -0.39 is 11.4 Å². The standard InChI is InChI=1S/C5H9F3N2OS/c6-5(7,8)12-2-1-10-4(11)3-9/h1-3,9H2,(H,10,11). The SMILES string of the molecule is NCC(=O)NCCSC(F)(F)F. The molecule has 0 heterocycles. The van der Waals surface area contributed by atoms with Crippen molar-refractivity contribution >= 4 is 17.7 Å². The Morgan fingerprint density at radius 3 is 2.50 bits per heavy atom. The van der Waals surface area contributed by atoms with E-state index in [2.05, 4.69) is 5.32 Å². The first-order valence-corrected chi connectivity index (χ1v) is 4.11. The quantitative estimate of drug-likeness (QED) is 0.645. The monoisotopic (exact) mass is 202 g/mol. The average Bonchev–Trinajstić information content (AvgIpc) is 1.96. The van der Waals surface area contributed by atoms with E-state index in [1.54, 1.807) is 0 Å². The molecular formula is C5H9F3N2OS. The number of carbonyl (C=O) groups is 1. The summed E-state index contributed by atoms with van der Waals surface area (Å²) in [5, 5.41) is 2.22. The van der Waals surface area contributed by atoms with Gasteiger partial charge in [0.25, 0.3) is 0 Å². The molecule has 0 aromatic carbocycles. The molecule has 0 spiro atoms. The Morgan fingerprint density at radius 2 is 2.08 bits per heavy atom. The summed E-state index contributed by atoms with van der Waals surface area (Å²) in [6, 6.07) is 0. The molecule has 72 valence electrons. The van der Waals surface area contributed by atoms with Gasteiger partial charge in [-0.05, 0) is 11.8 Å². The third-order valence-corrected chi connectivity index (χ3v) is 1.61. The van der Waals surface area contributed by atoms with Crippen molar-refractivity contribution in [3.05, 3.63) is 0 Å². The summed E-state index contributed by atoms with van der Waals surface area (Å²) in [6.07, 6.45) is 0. The van der Waals surface area contributed by atoms with Gasteiger partial charge in [-0.15, -0.1) is 0 Å². The van der Waals surface area contributed by atoms with E-state index in [9.17, 15) is 18.0 Å². The van der Waals surface area contributed by atoms with Gasteiger partial charge in [-0.1, -0.05) is 0 Å². The molecule has 0 fully saturated rings. The van der Waals surface area contributed by atoms with Gasteiger partial charge in [-0.3, -0.25) is 4.79 Å². The number of amides is 1. The maximum atomic E-state index is 11.5. The van der Waals surface area contributed by atoms with Crippen LogP contribution in [-0.2, 0) is 4.79 Å². The highest BCUT2D eigenvalue weighted by molar-refractivity contribution is 8.00. The van der Waals surface area contributed by atoms with Crippen molar-refractivity contribution in [3.8, 4) is 0 Å². The van der Waals surface area contributed by atoms with Crippen molar-refractivity contribution in [3.63, 3.8) is 0 Å². The molecule has 0 aromatic rings. The molecule has 0 aliphatic heterocycles. The fraction of sp³-hybridized carbons (Fsp3) is 0.800. The molecule has 0 saturated carbocycles. The van der Waals surface area contributed by atoms with E-state index in [1.807, 2.05) is 0 Å². The molecule has 0 aromatic heterocycles. The number of carbonyl (C=O) groups excluding carboxylic acids is 1. The lowest BCUT2D eigenvalue weighted by Gasteiger charge is -2.05. The van der Waals surface area contributed by atoms with Crippen molar-refractivity contribution < 1.29 is 18.0 Å². The van der Waals surface area contributed by atoms with Gasteiger partial charge in [0.1, 0.15) is 0 Å². The van der Waals surface area contributed by atoms with Crippen LogP contribution in [0.25, 0.3) is 0 Å². The van der Waals surface area contributed by atoms with Gasteiger partial charge < -0.3 is 11.1 Å². The Kier molecular flexibility index (Phi) is 5.07. The van der Waals surface area contributed by atoms with Crippen LogP contribution in [0.5, 0.6) is 0 Å². The molecule has 0 atom stereocenters. The summed E-state index contributed by atoms with van der Waals surface area (Å²) in [5.74, 6) is -0.632. The second-order valence-corrected chi connectivity index (χ2v) is 3.01. The number of halogens is 3. The number of thioether (sulfide) groups is 1. The number of nitrogens with one attached hydrogen (secondary N) is 1. The van der Waals surface area contributed by atoms with Crippen LogP contribution in [0.2, 0.25) is 0 Å². The van der Waals surface area contributed by atoms with E-state index in [0.29, 0.717) is 0 Å². The number of hydrogen-bond acceptors (Lipinski definition) is 3. The Hall–Kier alpha value is -0.430. The molecule has 12 heavy (non-hydrogen) atoms. The highest BCUT2D eigenvalue weighted by Gasteiger charge is 2.27. The highest BCUT2D eigenvalue weighted by Crippen LogP contribution is 2.29. The van der Waals surface area contributed by atoms with Crippen molar-refractivity contribution in [1.29, 1.82) is 0 Å². The maximum Gasteiger partial charge on any atom is 0.441 e. The zero-order valence-corrected chi connectivity index (χ0v) is 6.97. The van der Waals surface area contributed by atoms with Gasteiger partial charge in [0.05, 0.1) is 6.54 Å². The molecule has 0 saturated heterocycles. The second kappa shape index (κ2) is 5.26. The van der Waals surface area contributed by atoms with Gasteiger partial charge in [-0.2, -0.15) is 13.2 Å². The minimum Gasteiger partial charge on any atom is -0.354 e. The molecular weight excluding hydrogens is 193 g/mol. The summed E-state index contributed by atoms with van der Waals surface area (Å²) >= 11 is -0.169. The Labute approximate surface area is 71.9 Å². The van der Waals surface area contributed by atoms with Gasteiger partial charge >= 0.3 is 5.51 Å². The Balaban J connectivity index is 3.28. The lowest BCUT2D eigenvalue weighted by molar-refractivity contribution is -0.119. The lowest BCUT2D eigenvalue weighted by Crippen LogP contribution is -2.32. The van der Waals surface area contributed by atoms with Crippen LogP contribution in [-0.4, -0.2) is 30.3 Å². The molecule has 0 bridgehead atoms. The average molecular weight is 202 g/mol. The molecule has 3 N–H and O–H groups in total. The lowest BCUT2D eigenvalue weighted by atomic mass is 10.6. The summed E-state index contributed by atoms with van der Waals surface area (Å²) < 4.78 is 34.5. The van der Waals surface area contributed by atoms with E-state index in [-0.39, 0.29) is 30.6 Å². The molecule has 1 amide bonds. The fourth-order valence-electron chi connectivity index (χ4n) is 0.429. The Morgan fingerprint density at radius 1 is 1.50 bits per heavy atom. The normalized spacial score (nSPS) is 11.3. The number of alkyl halides is 3. The van der Waals surface area contributed by atoms with Gasteiger partial charge in [0.15, 0.2) is 0 Å². The van der Waals surface area contributed by atoms with Gasteiger partial charge in [-0.25, -0.2) is 0 Å². The largest absolute Gasteiger partial charge is 0.441 e. The fourth-order valence-corrected chi connectivity index (χ4v) is 0.865. The topological polar surface area (TPSA) is 55.1 Å². The first-order chi connectivity index (χ1) is 5.45. The van der Waals surface area contributed by atoms with E-state index >= 15 is 0 Å². The van der Waals surface area contributed by atoms with Crippen molar-refractivity contribution in [1.82, 2.24) is 5.32 Å². The molecule has 7 heteroatoms. The highest BCUT2D eigenvalue weighted by atomic mass is 32.2. The van der Waals surface area contributed by atoms with Crippen LogP contribution in [0.1, 0.15) is 0 Å². The molecule has 0 aliphatic rings. The van der Waals surface area contributed by atoms with Crippen LogP contribution in [0.4, 0.5) is 13.2 Å². The van der Waals surface area contributed by atoms with Gasteiger partial charge in [0, 0.05) is 12.3 Å². The molecule has 0 rings (SSSR count). The number of nitrogens with two attached hydrogens (primary N) is 1. The maximum absolute atomic E-state index is 11.5. The van der Waals surface area contributed by atoms with E-state index in [1.165, 1.54) is 0 Å². The number of rotatable bonds is 4. The van der Waals surface area contributed by atoms with Crippen LogP contribution in [0, 0.1) is 0 Å². The van der Waals surface area contributed by atoms with Crippen LogP contribution in [0.15, 0.2) is 0 Å². The van der Waals surface area contributed by atoms with E-state index in [4.69, 9.17) is 5.73 Å². The van der Waals surface area contributed by atoms with E-state index in [0.717, 1.165) is 0 Å². The second-order valence-electron chi connectivity index (χ2n) is 1.85. The zero-order valence-electron chi connectivity index (χ0n) is 6.15. The molecule has 0 radical (unpaired) electrons. The van der Waals surface area contributed by atoms with Crippen LogP contribution in [0.3, 0.4) is 0 Å². The van der Waals surface area contributed by atoms with Crippen molar-refractivity contribution in [2.24, 2.45) is 5.73 Å². The smallest absolute Gasteiger partial charge is 0.354 e. The first kappa shape index (κ1) is 11.6. The minimum absolute atomic E-state index is 0.0137. The minimum atomic E-state index is -4.23. The van der Waals surface area contributed by atoms with Crippen LogP contribution >= 0.6 is 11.8 Å². The first-order valence-electron chi connectivity index (χ1n) is 3.13.